The van der Waals surface area contributed by atoms with Gasteiger partial charge >= 0.3 is 0 Å². The third kappa shape index (κ3) is 3.37. The van der Waals surface area contributed by atoms with Crippen molar-refractivity contribution in [2.24, 2.45) is 0 Å². The molecule has 0 aliphatic rings. The minimum Gasteiger partial charge on any atom is -0.392 e. The molecule has 0 aromatic rings. The smallest absolute Gasteiger partial charge is 0.0676 e. The van der Waals surface area contributed by atoms with Crippen LogP contribution in [-0.4, -0.2) is 11.7 Å². The summed E-state index contributed by atoms with van der Waals surface area (Å²) in [7, 11) is 0. The molecule has 0 aromatic heterocycles. The molecule has 0 fully saturated rings. The lowest BCUT2D eigenvalue weighted by molar-refractivity contribution is 0.335. The first kappa shape index (κ1) is 7.18. The van der Waals surface area contributed by atoms with Gasteiger partial charge in [0.2, 0.25) is 0 Å². The minimum atomic E-state index is 0.0182. The van der Waals surface area contributed by atoms with Crippen molar-refractivity contribution in [1.82, 2.24) is 0 Å². The van der Waals surface area contributed by atoms with Gasteiger partial charge in [-0.1, -0.05) is 31.4 Å². The lowest BCUT2D eigenvalue weighted by atomic mass is 10.3. The molecule has 0 saturated heterocycles. The molecule has 0 aliphatic heterocycles. The molecule has 1 N–H and O–H groups in total. The Bertz CT molecular complexity index is 112. The molecule has 0 unspecified atom stereocenters. The highest BCUT2D eigenvalue weighted by atomic mass is 16.3. The molecule has 0 atom stereocenters. The molecule has 0 aromatic carbocycles. The highest BCUT2D eigenvalue weighted by molar-refractivity contribution is 5.17. The van der Waals surface area contributed by atoms with E-state index in [-0.39, 0.29) is 6.61 Å². The van der Waals surface area contributed by atoms with Crippen LogP contribution in [0.4, 0.5) is 0 Å². The average Bonchev–Trinajstić information content (AvgIpc) is 1.83. The summed E-state index contributed by atoms with van der Waals surface area (Å²) in [4.78, 5) is 0. The average molecular weight is 110 g/mol. The van der Waals surface area contributed by atoms with Crippen LogP contribution < -0.4 is 0 Å². The van der Waals surface area contributed by atoms with Crippen LogP contribution in [-0.2, 0) is 0 Å². The Morgan fingerprint density at radius 2 is 2.25 bits per heavy atom. The number of aliphatic hydroxyl groups excluding tert-OH is 1. The Balaban J connectivity index is 3.52. The quantitative estimate of drug-likeness (QED) is 0.542. The van der Waals surface area contributed by atoms with Crippen LogP contribution in [0.2, 0.25) is 0 Å². The fraction of sp³-hybridized carbons (Fsp3) is 0.143. The fourth-order valence-corrected chi connectivity index (χ4v) is 0.257. The van der Waals surface area contributed by atoms with Crippen LogP contribution in [0.3, 0.4) is 0 Å². The Labute approximate surface area is 49.7 Å². The standard InChI is InChI=1S/C7H10O/c1-3-4-5-7(2)6-8/h3-5,8H,1-2,6H2/b5-4-. The summed E-state index contributed by atoms with van der Waals surface area (Å²) in [6.07, 6.45) is 5.09. The van der Waals surface area contributed by atoms with Gasteiger partial charge in [-0.25, -0.2) is 0 Å². The van der Waals surface area contributed by atoms with Gasteiger partial charge < -0.3 is 5.11 Å². The number of rotatable bonds is 3. The first-order chi connectivity index (χ1) is 3.81. The molecule has 0 heterocycles. The fourth-order valence-electron chi connectivity index (χ4n) is 0.257. The lowest BCUT2D eigenvalue weighted by Gasteiger charge is -1.86. The Kier molecular flexibility index (Phi) is 3.90. The van der Waals surface area contributed by atoms with Crippen molar-refractivity contribution in [1.29, 1.82) is 0 Å². The molecule has 44 valence electrons. The van der Waals surface area contributed by atoms with Gasteiger partial charge in [0, 0.05) is 0 Å². The third-order valence-corrected chi connectivity index (χ3v) is 0.671. The predicted octanol–water partition coefficient (Wildman–Crippen LogP) is 1.28. The monoisotopic (exact) mass is 110 g/mol. The van der Waals surface area contributed by atoms with Gasteiger partial charge in [0.1, 0.15) is 0 Å². The van der Waals surface area contributed by atoms with Crippen LogP contribution in [0.5, 0.6) is 0 Å². The second kappa shape index (κ2) is 4.34. The Morgan fingerprint density at radius 1 is 1.62 bits per heavy atom. The van der Waals surface area contributed by atoms with Gasteiger partial charge in [-0.05, 0) is 5.57 Å². The summed E-state index contributed by atoms with van der Waals surface area (Å²) in [6.45, 7) is 7.00. The largest absolute Gasteiger partial charge is 0.392 e. The highest BCUT2D eigenvalue weighted by Crippen LogP contribution is 1.88. The molecule has 8 heavy (non-hydrogen) atoms. The van der Waals surface area contributed by atoms with E-state index in [1.165, 1.54) is 0 Å². The molecule has 0 rings (SSSR count). The van der Waals surface area contributed by atoms with Gasteiger partial charge in [-0.3, -0.25) is 0 Å². The first-order valence-corrected chi connectivity index (χ1v) is 2.39. The van der Waals surface area contributed by atoms with Crippen molar-refractivity contribution in [3.8, 4) is 0 Å². The maximum Gasteiger partial charge on any atom is 0.0676 e. The van der Waals surface area contributed by atoms with Crippen LogP contribution in [0, 0.1) is 0 Å². The summed E-state index contributed by atoms with van der Waals surface area (Å²) >= 11 is 0. The summed E-state index contributed by atoms with van der Waals surface area (Å²) in [5, 5.41) is 8.38. The van der Waals surface area contributed by atoms with Gasteiger partial charge in [-0.15, -0.1) is 0 Å². The van der Waals surface area contributed by atoms with E-state index in [2.05, 4.69) is 13.2 Å². The Morgan fingerprint density at radius 3 is 2.62 bits per heavy atom. The Hall–Kier alpha value is -0.820. The normalized spacial score (nSPS) is 9.62. The summed E-state index contributed by atoms with van der Waals surface area (Å²) < 4.78 is 0. The minimum absolute atomic E-state index is 0.0182. The molecule has 1 heteroatoms. The number of hydrogen-bond donors (Lipinski definition) is 1. The maximum absolute atomic E-state index is 8.38. The first-order valence-electron chi connectivity index (χ1n) is 2.39. The molecular formula is C7H10O. The van der Waals surface area contributed by atoms with Crippen molar-refractivity contribution in [3.63, 3.8) is 0 Å². The molecule has 1 nitrogen and oxygen atoms in total. The van der Waals surface area contributed by atoms with E-state index in [0.29, 0.717) is 5.57 Å². The van der Waals surface area contributed by atoms with E-state index >= 15 is 0 Å². The molecule has 0 amide bonds. The maximum atomic E-state index is 8.38. The van der Waals surface area contributed by atoms with E-state index in [9.17, 15) is 0 Å². The van der Waals surface area contributed by atoms with E-state index in [1.54, 1.807) is 18.2 Å². The van der Waals surface area contributed by atoms with E-state index in [4.69, 9.17) is 5.11 Å². The molecular weight excluding hydrogens is 100 g/mol. The summed E-state index contributed by atoms with van der Waals surface area (Å²) in [5.41, 5.74) is 0.699. The van der Waals surface area contributed by atoms with Crippen molar-refractivity contribution in [2.75, 3.05) is 6.61 Å². The number of allylic oxidation sites excluding steroid dienone is 2. The number of hydrogen-bond acceptors (Lipinski definition) is 1. The lowest BCUT2D eigenvalue weighted by Crippen LogP contribution is -1.80. The topological polar surface area (TPSA) is 20.2 Å². The highest BCUT2D eigenvalue weighted by Gasteiger charge is 1.77. The van der Waals surface area contributed by atoms with E-state index in [0.717, 1.165) is 0 Å². The second-order valence-electron chi connectivity index (χ2n) is 1.41. The van der Waals surface area contributed by atoms with Crippen molar-refractivity contribution in [2.45, 2.75) is 0 Å². The van der Waals surface area contributed by atoms with Crippen LogP contribution in [0.1, 0.15) is 0 Å². The summed E-state index contributed by atoms with van der Waals surface area (Å²) in [6, 6.07) is 0. The third-order valence-electron chi connectivity index (χ3n) is 0.671. The zero-order valence-corrected chi connectivity index (χ0v) is 4.80. The van der Waals surface area contributed by atoms with Crippen LogP contribution >= 0.6 is 0 Å². The second-order valence-corrected chi connectivity index (χ2v) is 1.41. The van der Waals surface area contributed by atoms with E-state index in [1.807, 2.05) is 0 Å². The summed E-state index contributed by atoms with van der Waals surface area (Å²) in [5.74, 6) is 0. The SMILES string of the molecule is C=C/C=C\C(=C)CO. The zero-order chi connectivity index (χ0) is 6.41. The predicted molar refractivity (Wildman–Crippen MR) is 35.6 cm³/mol. The zero-order valence-electron chi connectivity index (χ0n) is 4.80. The molecule has 0 spiro atoms. The van der Waals surface area contributed by atoms with Gasteiger partial charge in [0.15, 0.2) is 0 Å². The van der Waals surface area contributed by atoms with Crippen molar-refractivity contribution in [3.05, 3.63) is 37.0 Å². The van der Waals surface area contributed by atoms with Gasteiger partial charge in [-0.2, -0.15) is 0 Å². The van der Waals surface area contributed by atoms with Gasteiger partial charge in [0.25, 0.3) is 0 Å². The molecule has 0 radical (unpaired) electrons. The molecule has 0 aliphatic carbocycles. The number of aliphatic hydroxyl groups is 1. The van der Waals surface area contributed by atoms with E-state index < -0.39 is 0 Å². The van der Waals surface area contributed by atoms with Crippen LogP contribution in [0.25, 0.3) is 0 Å². The van der Waals surface area contributed by atoms with Crippen molar-refractivity contribution < 1.29 is 5.11 Å². The molecule has 0 saturated carbocycles. The molecule has 0 bridgehead atoms. The van der Waals surface area contributed by atoms with Gasteiger partial charge in [0.05, 0.1) is 6.61 Å². The van der Waals surface area contributed by atoms with Crippen LogP contribution in [0.15, 0.2) is 37.0 Å². The van der Waals surface area contributed by atoms with Crippen molar-refractivity contribution >= 4 is 0 Å².